The van der Waals surface area contributed by atoms with Gasteiger partial charge >= 0.3 is 0 Å². The Morgan fingerprint density at radius 3 is 2.71 bits per heavy atom. The zero-order valence-electron chi connectivity index (χ0n) is 9.29. The second kappa shape index (κ2) is 3.81. The molecule has 0 radical (unpaired) electrons. The van der Waals surface area contributed by atoms with Gasteiger partial charge in [-0.1, -0.05) is 15.9 Å². The van der Waals surface area contributed by atoms with Crippen molar-refractivity contribution in [1.29, 1.82) is 0 Å². The first-order valence-electron chi connectivity index (χ1n) is 5.62. The number of hydrogen-bond acceptors (Lipinski definition) is 3. The maximum absolute atomic E-state index is 6.10. The Bertz CT molecular complexity index is 622. The molecule has 0 amide bonds. The quantitative estimate of drug-likeness (QED) is 0.843. The first-order valence-corrected chi connectivity index (χ1v) is 6.41. The number of halogens is 1. The summed E-state index contributed by atoms with van der Waals surface area (Å²) in [6, 6.07) is 5.79. The van der Waals surface area contributed by atoms with Crippen LogP contribution in [0.2, 0.25) is 0 Å². The lowest BCUT2D eigenvalue weighted by molar-refractivity contribution is 0.591. The third kappa shape index (κ3) is 1.63. The van der Waals surface area contributed by atoms with Crippen LogP contribution in [0.1, 0.15) is 25.0 Å². The van der Waals surface area contributed by atoms with Gasteiger partial charge in [0.05, 0.1) is 11.4 Å². The molecule has 1 aliphatic carbocycles. The van der Waals surface area contributed by atoms with E-state index in [1.807, 2.05) is 18.2 Å². The lowest BCUT2D eigenvalue weighted by atomic mass is 9.90. The average Bonchev–Trinajstić information content (AvgIpc) is 2.54. The van der Waals surface area contributed by atoms with E-state index in [-0.39, 0.29) is 0 Å². The van der Waals surface area contributed by atoms with Crippen molar-refractivity contribution in [2.24, 2.45) is 5.73 Å². The second-order valence-corrected chi connectivity index (χ2v) is 5.27. The van der Waals surface area contributed by atoms with Crippen LogP contribution in [0.5, 0.6) is 0 Å². The SMILES string of the molecule is NC(=C1CCC1)c1oc2ccc(Br)cc2c1N. The number of fused-ring (bicyclic) bond motifs is 1. The standard InChI is InChI=1S/C13H13BrN2O/c14-8-4-5-10-9(6-8)12(16)13(17-10)11(15)7-2-1-3-7/h4-6H,1-3,15-16H2. The molecule has 88 valence electrons. The van der Waals surface area contributed by atoms with Gasteiger partial charge in [-0.15, -0.1) is 0 Å². The number of hydrogen-bond donors (Lipinski definition) is 2. The minimum atomic E-state index is 0.632. The predicted octanol–water partition coefficient (Wildman–Crippen LogP) is 3.63. The van der Waals surface area contributed by atoms with Crippen molar-refractivity contribution in [2.75, 3.05) is 5.73 Å². The first-order chi connectivity index (χ1) is 8.16. The normalized spacial score (nSPS) is 15.0. The molecule has 2 aromatic rings. The van der Waals surface area contributed by atoms with Crippen LogP contribution in [-0.4, -0.2) is 0 Å². The Morgan fingerprint density at radius 2 is 2.06 bits per heavy atom. The van der Waals surface area contributed by atoms with Gasteiger partial charge in [0, 0.05) is 9.86 Å². The van der Waals surface area contributed by atoms with Gasteiger partial charge in [0.1, 0.15) is 5.58 Å². The number of nitrogens with two attached hydrogens (primary N) is 2. The highest BCUT2D eigenvalue weighted by molar-refractivity contribution is 9.10. The number of anilines is 1. The van der Waals surface area contributed by atoms with E-state index in [9.17, 15) is 0 Å². The van der Waals surface area contributed by atoms with Crippen LogP contribution in [-0.2, 0) is 0 Å². The molecule has 4 heteroatoms. The maximum Gasteiger partial charge on any atom is 0.173 e. The van der Waals surface area contributed by atoms with Gasteiger partial charge in [0.2, 0.25) is 0 Å². The summed E-state index contributed by atoms with van der Waals surface area (Å²) in [6.45, 7) is 0. The van der Waals surface area contributed by atoms with Gasteiger partial charge < -0.3 is 15.9 Å². The molecule has 1 aliphatic rings. The van der Waals surface area contributed by atoms with Crippen LogP contribution in [0.3, 0.4) is 0 Å². The van der Waals surface area contributed by atoms with Gasteiger partial charge in [0.15, 0.2) is 5.76 Å². The fourth-order valence-electron chi connectivity index (χ4n) is 2.07. The lowest BCUT2D eigenvalue weighted by Gasteiger charge is -2.18. The first kappa shape index (κ1) is 10.7. The number of allylic oxidation sites excluding steroid dienone is 1. The van der Waals surface area contributed by atoms with Gasteiger partial charge in [-0.3, -0.25) is 0 Å². The fourth-order valence-corrected chi connectivity index (χ4v) is 2.43. The summed E-state index contributed by atoms with van der Waals surface area (Å²) in [4.78, 5) is 0. The topological polar surface area (TPSA) is 65.2 Å². The van der Waals surface area contributed by atoms with E-state index in [0.717, 1.165) is 34.0 Å². The highest BCUT2D eigenvalue weighted by Gasteiger charge is 2.20. The van der Waals surface area contributed by atoms with Gasteiger partial charge in [-0.2, -0.15) is 0 Å². The summed E-state index contributed by atoms with van der Waals surface area (Å²) in [7, 11) is 0. The monoisotopic (exact) mass is 292 g/mol. The highest BCUT2D eigenvalue weighted by Crippen LogP contribution is 2.37. The minimum Gasteiger partial charge on any atom is -0.452 e. The molecular formula is C13H13BrN2O. The van der Waals surface area contributed by atoms with E-state index in [2.05, 4.69) is 15.9 Å². The molecule has 0 unspecified atom stereocenters. The summed E-state index contributed by atoms with van der Waals surface area (Å²) >= 11 is 3.43. The smallest absolute Gasteiger partial charge is 0.173 e. The van der Waals surface area contributed by atoms with Crippen molar-refractivity contribution in [3.8, 4) is 0 Å². The lowest BCUT2D eigenvalue weighted by Crippen LogP contribution is -2.08. The summed E-state index contributed by atoms with van der Waals surface area (Å²) in [5, 5.41) is 0.914. The van der Waals surface area contributed by atoms with E-state index in [0.29, 0.717) is 11.4 Å². The third-order valence-corrected chi connectivity index (χ3v) is 3.76. The zero-order chi connectivity index (χ0) is 12.0. The maximum atomic E-state index is 6.10. The molecule has 1 aromatic carbocycles. The van der Waals surface area contributed by atoms with E-state index < -0.39 is 0 Å². The fraction of sp³-hybridized carbons (Fsp3) is 0.231. The molecule has 3 rings (SSSR count). The number of benzene rings is 1. The summed E-state index contributed by atoms with van der Waals surface area (Å²) < 4.78 is 6.73. The van der Waals surface area contributed by atoms with Crippen molar-refractivity contribution >= 4 is 38.3 Å². The molecule has 4 N–H and O–H groups in total. The van der Waals surface area contributed by atoms with Gasteiger partial charge in [0.25, 0.3) is 0 Å². The molecule has 0 aliphatic heterocycles. The highest BCUT2D eigenvalue weighted by atomic mass is 79.9. The zero-order valence-corrected chi connectivity index (χ0v) is 10.9. The van der Waals surface area contributed by atoms with Crippen LogP contribution >= 0.6 is 15.9 Å². The molecule has 1 fully saturated rings. The van der Waals surface area contributed by atoms with Crippen LogP contribution in [0.4, 0.5) is 5.69 Å². The second-order valence-electron chi connectivity index (χ2n) is 4.36. The van der Waals surface area contributed by atoms with Crippen molar-refractivity contribution < 1.29 is 4.42 Å². The predicted molar refractivity (Wildman–Crippen MR) is 73.3 cm³/mol. The largest absolute Gasteiger partial charge is 0.452 e. The van der Waals surface area contributed by atoms with E-state index in [4.69, 9.17) is 15.9 Å². The molecular weight excluding hydrogens is 280 g/mol. The molecule has 1 aromatic heterocycles. The van der Waals surface area contributed by atoms with Crippen LogP contribution < -0.4 is 11.5 Å². The Morgan fingerprint density at radius 1 is 1.29 bits per heavy atom. The van der Waals surface area contributed by atoms with Crippen LogP contribution in [0.25, 0.3) is 16.7 Å². The molecule has 1 heterocycles. The van der Waals surface area contributed by atoms with E-state index in [1.165, 1.54) is 12.0 Å². The van der Waals surface area contributed by atoms with E-state index in [1.54, 1.807) is 0 Å². The van der Waals surface area contributed by atoms with Gasteiger partial charge in [-0.25, -0.2) is 0 Å². The summed E-state index contributed by atoms with van der Waals surface area (Å²) in [6.07, 6.45) is 3.33. The van der Waals surface area contributed by atoms with E-state index >= 15 is 0 Å². The molecule has 1 saturated carbocycles. The van der Waals surface area contributed by atoms with Crippen LogP contribution in [0, 0.1) is 0 Å². The van der Waals surface area contributed by atoms with Crippen LogP contribution in [0.15, 0.2) is 32.7 Å². The van der Waals surface area contributed by atoms with Crippen molar-refractivity contribution in [3.63, 3.8) is 0 Å². The number of rotatable bonds is 1. The molecule has 0 spiro atoms. The van der Waals surface area contributed by atoms with Crippen molar-refractivity contribution in [3.05, 3.63) is 34.0 Å². The number of furan rings is 1. The molecule has 17 heavy (non-hydrogen) atoms. The molecule has 0 saturated heterocycles. The molecule has 3 nitrogen and oxygen atoms in total. The molecule has 0 atom stereocenters. The Balaban J connectivity index is 2.21. The van der Waals surface area contributed by atoms with Gasteiger partial charge in [-0.05, 0) is 43.0 Å². The Labute approximate surface area is 108 Å². The van der Waals surface area contributed by atoms with Crippen molar-refractivity contribution in [2.45, 2.75) is 19.3 Å². The third-order valence-electron chi connectivity index (χ3n) is 3.27. The Kier molecular flexibility index (Phi) is 2.40. The summed E-state index contributed by atoms with van der Waals surface area (Å²) in [5.74, 6) is 0.632. The number of nitrogen functional groups attached to an aromatic ring is 1. The van der Waals surface area contributed by atoms with Crippen molar-refractivity contribution in [1.82, 2.24) is 0 Å². The molecule has 0 bridgehead atoms. The Hall–Kier alpha value is -1.42. The summed E-state index contributed by atoms with van der Waals surface area (Å²) in [5.41, 5.74) is 15.6. The minimum absolute atomic E-state index is 0.632. The average molecular weight is 293 g/mol.